The summed E-state index contributed by atoms with van der Waals surface area (Å²) in [5, 5.41) is 2.79. The minimum absolute atomic E-state index is 0.147. The van der Waals surface area contributed by atoms with Gasteiger partial charge in [0.2, 0.25) is 10.0 Å². The molecule has 0 saturated carbocycles. The molecule has 1 aliphatic rings. The first kappa shape index (κ1) is 18.5. The van der Waals surface area contributed by atoms with Crippen molar-refractivity contribution >= 4 is 43.2 Å². The number of hydrogen-bond acceptors (Lipinski definition) is 5. The number of rotatable bonds is 5. The number of benzene rings is 1. The van der Waals surface area contributed by atoms with Gasteiger partial charge in [-0.05, 0) is 39.7 Å². The van der Waals surface area contributed by atoms with Crippen LogP contribution in [0.2, 0.25) is 0 Å². The topological polar surface area (TPSA) is 75.7 Å². The third-order valence-electron chi connectivity index (χ3n) is 3.80. The molecule has 0 unspecified atom stereocenters. The van der Waals surface area contributed by atoms with Gasteiger partial charge in [-0.1, -0.05) is 18.2 Å². The Labute approximate surface area is 159 Å². The zero-order chi connectivity index (χ0) is 17.9. The summed E-state index contributed by atoms with van der Waals surface area (Å²) in [6.07, 6.45) is 0. The number of nitrogens with zero attached hydrogens (tertiary/aromatic N) is 1. The van der Waals surface area contributed by atoms with Gasteiger partial charge in [0.15, 0.2) is 0 Å². The number of carbonyl (C=O) groups is 1. The second-order valence-electron chi connectivity index (χ2n) is 5.41. The Hall–Kier alpha value is -1.26. The zero-order valence-electron chi connectivity index (χ0n) is 13.3. The Kier molecular flexibility index (Phi) is 5.90. The lowest BCUT2D eigenvalue weighted by Crippen LogP contribution is -2.41. The molecule has 2 heterocycles. The van der Waals surface area contributed by atoms with Crippen molar-refractivity contribution in [2.45, 2.75) is 11.4 Å². The highest BCUT2D eigenvalue weighted by atomic mass is 79.9. The van der Waals surface area contributed by atoms with Gasteiger partial charge in [0, 0.05) is 19.6 Å². The van der Waals surface area contributed by atoms with Crippen LogP contribution in [0, 0.1) is 0 Å². The fourth-order valence-corrected chi connectivity index (χ4v) is 5.46. The molecule has 1 aromatic carbocycles. The van der Waals surface area contributed by atoms with E-state index in [-0.39, 0.29) is 17.3 Å². The Morgan fingerprint density at radius 3 is 2.60 bits per heavy atom. The lowest BCUT2D eigenvalue weighted by Gasteiger charge is -2.27. The Morgan fingerprint density at radius 1 is 1.20 bits per heavy atom. The molecule has 1 aromatic heterocycles. The van der Waals surface area contributed by atoms with Gasteiger partial charge in [-0.25, -0.2) is 8.42 Å². The summed E-state index contributed by atoms with van der Waals surface area (Å²) in [6, 6.07) is 10.3. The molecule has 3 rings (SSSR count). The molecule has 25 heavy (non-hydrogen) atoms. The average Bonchev–Trinajstić information content (AvgIpc) is 3.07. The molecule has 6 nitrogen and oxygen atoms in total. The number of amides is 1. The first-order valence-electron chi connectivity index (χ1n) is 7.68. The third-order valence-corrected chi connectivity index (χ3v) is 7.42. The van der Waals surface area contributed by atoms with Crippen LogP contribution in [-0.4, -0.2) is 44.9 Å². The van der Waals surface area contributed by atoms with E-state index in [4.69, 9.17) is 4.74 Å². The minimum Gasteiger partial charge on any atom is -0.379 e. The fourth-order valence-electron chi connectivity index (χ4n) is 2.53. The molecule has 2 aromatic rings. The average molecular weight is 445 g/mol. The molecule has 0 atom stereocenters. The molecular weight excluding hydrogens is 428 g/mol. The predicted octanol–water partition coefficient (Wildman–Crippen LogP) is 2.46. The van der Waals surface area contributed by atoms with E-state index in [1.165, 1.54) is 15.6 Å². The lowest BCUT2D eigenvalue weighted by atomic mass is 10.2. The van der Waals surface area contributed by atoms with Crippen molar-refractivity contribution < 1.29 is 17.9 Å². The largest absolute Gasteiger partial charge is 0.379 e. The Bertz CT molecular complexity index is 861. The van der Waals surface area contributed by atoms with Gasteiger partial charge < -0.3 is 10.1 Å². The molecule has 1 fully saturated rings. The quantitative estimate of drug-likeness (QED) is 0.768. The van der Waals surface area contributed by atoms with Crippen molar-refractivity contribution in [3.05, 3.63) is 50.6 Å². The van der Waals surface area contributed by atoms with Crippen molar-refractivity contribution in [1.82, 2.24) is 9.62 Å². The highest BCUT2D eigenvalue weighted by molar-refractivity contribution is 9.11. The number of carbonyl (C=O) groups excluding carboxylic acids is 1. The summed E-state index contributed by atoms with van der Waals surface area (Å²) in [4.78, 5) is 13.0. The molecule has 9 heteroatoms. The van der Waals surface area contributed by atoms with E-state index in [9.17, 15) is 13.2 Å². The van der Waals surface area contributed by atoms with E-state index in [2.05, 4.69) is 21.2 Å². The summed E-state index contributed by atoms with van der Waals surface area (Å²) in [5.74, 6) is -0.228. The number of sulfonamides is 1. The monoisotopic (exact) mass is 444 g/mol. The Balaban J connectivity index is 1.77. The number of hydrogen-bond donors (Lipinski definition) is 1. The van der Waals surface area contributed by atoms with Crippen molar-refractivity contribution in [3.8, 4) is 0 Å². The first-order valence-corrected chi connectivity index (χ1v) is 10.7. The van der Waals surface area contributed by atoms with Crippen molar-refractivity contribution in [2.75, 3.05) is 26.3 Å². The van der Waals surface area contributed by atoms with E-state index < -0.39 is 10.0 Å². The number of morpholine rings is 1. The molecule has 1 aliphatic heterocycles. The van der Waals surface area contributed by atoms with E-state index in [1.807, 2.05) is 0 Å². The van der Waals surface area contributed by atoms with Gasteiger partial charge in [0.05, 0.1) is 26.8 Å². The van der Waals surface area contributed by atoms with Crippen LogP contribution in [0.5, 0.6) is 0 Å². The number of ether oxygens (including phenoxy) is 1. The highest BCUT2D eigenvalue weighted by Crippen LogP contribution is 2.23. The fraction of sp³-hybridized carbons (Fsp3) is 0.312. The maximum absolute atomic E-state index is 12.9. The molecule has 0 aliphatic carbocycles. The molecule has 1 amide bonds. The van der Waals surface area contributed by atoms with Gasteiger partial charge in [-0.15, -0.1) is 11.3 Å². The van der Waals surface area contributed by atoms with E-state index in [0.717, 1.165) is 3.79 Å². The SMILES string of the molecule is O=C(NCc1ccccc1S(=O)(=O)N1CCOCC1)c1ccc(Br)s1. The minimum atomic E-state index is -3.60. The smallest absolute Gasteiger partial charge is 0.261 e. The summed E-state index contributed by atoms with van der Waals surface area (Å²) >= 11 is 4.65. The van der Waals surface area contributed by atoms with Crippen molar-refractivity contribution in [3.63, 3.8) is 0 Å². The second kappa shape index (κ2) is 7.96. The van der Waals surface area contributed by atoms with Crippen LogP contribution in [0.3, 0.4) is 0 Å². The van der Waals surface area contributed by atoms with E-state index in [1.54, 1.807) is 36.4 Å². The van der Waals surface area contributed by atoms with Crippen molar-refractivity contribution in [2.24, 2.45) is 0 Å². The molecule has 0 radical (unpaired) electrons. The van der Waals surface area contributed by atoms with Crippen LogP contribution in [0.15, 0.2) is 45.1 Å². The number of nitrogens with one attached hydrogen (secondary N) is 1. The van der Waals surface area contributed by atoms with E-state index >= 15 is 0 Å². The molecule has 1 N–H and O–H groups in total. The van der Waals surface area contributed by atoms with Gasteiger partial charge in [-0.2, -0.15) is 4.31 Å². The van der Waals surface area contributed by atoms with Crippen LogP contribution in [0.1, 0.15) is 15.2 Å². The molecule has 0 spiro atoms. The van der Waals surface area contributed by atoms with Gasteiger partial charge in [-0.3, -0.25) is 4.79 Å². The van der Waals surface area contributed by atoms with Gasteiger partial charge in [0.1, 0.15) is 0 Å². The number of thiophene rings is 1. The molecular formula is C16H17BrN2O4S2. The van der Waals surface area contributed by atoms with Crippen LogP contribution >= 0.6 is 27.3 Å². The van der Waals surface area contributed by atoms with Gasteiger partial charge in [0.25, 0.3) is 5.91 Å². The zero-order valence-corrected chi connectivity index (χ0v) is 16.5. The summed E-state index contributed by atoms with van der Waals surface area (Å²) in [5.41, 5.74) is 0.568. The van der Waals surface area contributed by atoms with Crippen LogP contribution in [0.25, 0.3) is 0 Å². The molecule has 1 saturated heterocycles. The van der Waals surface area contributed by atoms with Crippen LogP contribution in [0.4, 0.5) is 0 Å². The van der Waals surface area contributed by atoms with Crippen LogP contribution < -0.4 is 5.32 Å². The van der Waals surface area contributed by atoms with Crippen LogP contribution in [-0.2, 0) is 21.3 Å². The maximum Gasteiger partial charge on any atom is 0.261 e. The molecule has 134 valence electrons. The van der Waals surface area contributed by atoms with E-state index in [0.29, 0.717) is 36.7 Å². The summed E-state index contributed by atoms with van der Waals surface area (Å²) in [7, 11) is -3.60. The predicted molar refractivity (Wildman–Crippen MR) is 99.2 cm³/mol. The standard InChI is InChI=1S/C16H17BrN2O4S2/c17-15-6-5-13(24-15)16(20)18-11-12-3-1-2-4-14(12)25(21,22)19-7-9-23-10-8-19/h1-6H,7-11H2,(H,18,20). The summed E-state index contributed by atoms with van der Waals surface area (Å²) in [6.45, 7) is 1.61. The molecule has 0 bridgehead atoms. The lowest BCUT2D eigenvalue weighted by molar-refractivity contribution is 0.0730. The third kappa shape index (κ3) is 4.29. The van der Waals surface area contributed by atoms with Gasteiger partial charge >= 0.3 is 0 Å². The maximum atomic E-state index is 12.9. The Morgan fingerprint density at radius 2 is 1.92 bits per heavy atom. The number of halogens is 1. The second-order valence-corrected chi connectivity index (χ2v) is 9.78. The first-order chi connectivity index (χ1) is 12.0. The normalized spacial score (nSPS) is 15.9. The van der Waals surface area contributed by atoms with Crippen molar-refractivity contribution in [1.29, 1.82) is 0 Å². The summed E-state index contributed by atoms with van der Waals surface area (Å²) < 4.78 is 33.3. The highest BCUT2D eigenvalue weighted by Gasteiger charge is 2.28.